The van der Waals surface area contributed by atoms with Gasteiger partial charge in [-0.2, -0.15) is 0 Å². The van der Waals surface area contributed by atoms with Gasteiger partial charge in [0, 0.05) is 31.1 Å². The van der Waals surface area contributed by atoms with E-state index in [4.69, 9.17) is 10.5 Å². The van der Waals surface area contributed by atoms with E-state index in [1.165, 1.54) is 11.1 Å². The first-order valence-corrected chi connectivity index (χ1v) is 6.60. The van der Waals surface area contributed by atoms with Crippen molar-refractivity contribution in [3.05, 3.63) is 47.9 Å². The summed E-state index contributed by atoms with van der Waals surface area (Å²) in [4.78, 5) is 8.56. The molecule has 1 aliphatic heterocycles. The smallest absolute Gasteiger partial charge is 0.0949 e. The summed E-state index contributed by atoms with van der Waals surface area (Å²) in [6.07, 6.45) is 7.23. The van der Waals surface area contributed by atoms with Crippen LogP contribution < -0.4 is 5.73 Å². The molecule has 4 heteroatoms. The first kappa shape index (κ1) is 12.3. The maximum absolute atomic E-state index is 5.82. The summed E-state index contributed by atoms with van der Waals surface area (Å²) < 4.78 is 5.81. The van der Waals surface area contributed by atoms with Gasteiger partial charge in [-0.1, -0.05) is 18.2 Å². The highest BCUT2D eigenvalue weighted by Gasteiger charge is 2.20. The van der Waals surface area contributed by atoms with E-state index in [-0.39, 0.29) is 6.10 Å². The van der Waals surface area contributed by atoms with Crippen molar-refractivity contribution in [1.29, 1.82) is 0 Å². The molecule has 98 valence electrons. The van der Waals surface area contributed by atoms with Crippen molar-refractivity contribution in [2.24, 2.45) is 5.73 Å². The van der Waals surface area contributed by atoms with Crippen LogP contribution in [-0.2, 0) is 11.2 Å². The standard InChI is InChI=1S/C15H17N3O/c16-9-15-13-4-1-3-12(11(13)5-2-8-19-15)14-10-17-6-7-18-14/h1,3-4,6-7,10,15H,2,5,8-9,16H2. The number of aromatic nitrogens is 2. The van der Waals surface area contributed by atoms with Gasteiger partial charge in [0.1, 0.15) is 0 Å². The van der Waals surface area contributed by atoms with E-state index < -0.39 is 0 Å². The molecule has 0 amide bonds. The van der Waals surface area contributed by atoms with Crippen LogP contribution in [0.4, 0.5) is 0 Å². The van der Waals surface area contributed by atoms with Crippen LogP contribution in [0.15, 0.2) is 36.8 Å². The Morgan fingerprint density at radius 2 is 2.26 bits per heavy atom. The first-order valence-electron chi connectivity index (χ1n) is 6.60. The Labute approximate surface area is 112 Å². The quantitative estimate of drug-likeness (QED) is 0.892. The van der Waals surface area contributed by atoms with Crippen molar-refractivity contribution in [3.63, 3.8) is 0 Å². The second-order valence-corrected chi connectivity index (χ2v) is 4.66. The lowest BCUT2D eigenvalue weighted by Gasteiger charge is -2.17. The van der Waals surface area contributed by atoms with Gasteiger partial charge in [-0.25, -0.2) is 0 Å². The van der Waals surface area contributed by atoms with Crippen LogP contribution in [0.2, 0.25) is 0 Å². The maximum atomic E-state index is 5.82. The molecule has 2 heterocycles. The van der Waals surface area contributed by atoms with Crippen molar-refractivity contribution in [3.8, 4) is 11.3 Å². The SMILES string of the molecule is NCC1OCCCc2c(-c3cnccn3)cccc21. The van der Waals surface area contributed by atoms with Crippen molar-refractivity contribution < 1.29 is 4.74 Å². The molecule has 0 bridgehead atoms. The molecular formula is C15H17N3O. The molecule has 1 aromatic heterocycles. The number of nitrogens with zero attached hydrogens (tertiary/aromatic N) is 2. The van der Waals surface area contributed by atoms with Crippen LogP contribution in [0.1, 0.15) is 23.7 Å². The Hall–Kier alpha value is -1.78. The van der Waals surface area contributed by atoms with Gasteiger partial charge >= 0.3 is 0 Å². The summed E-state index contributed by atoms with van der Waals surface area (Å²) in [5, 5.41) is 0. The fourth-order valence-corrected chi connectivity index (χ4v) is 2.62. The highest BCUT2D eigenvalue weighted by molar-refractivity contribution is 5.65. The zero-order valence-electron chi connectivity index (χ0n) is 10.7. The number of nitrogens with two attached hydrogens (primary N) is 1. The van der Waals surface area contributed by atoms with Crippen molar-refractivity contribution in [2.45, 2.75) is 18.9 Å². The highest BCUT2D eigenvalue weighted by atomic mass is 16.5. The molecule has 0 fully saturated rings. The minimum Gasteiger partial charge on any atom is -0.372 e. The van der Waals surface area contributed by atoms with E-state index in [2.05, 4.69) is 22.1 Å². The Morgan fingerprint density at radius 3 is 3.05 bits per heavy atom. The first-order chi connectivity index (χ1) is 9.40. The predicted molar refractivity (Wildman–Crippen MR) is 73.5 cm³/mol. The van der Waals surface area contributed by atoms with Gasteiger partial charge < -0.3 is 10.5 Å². The van der Waals surface area contributed by atoms with Crippen LogP contribution in [0.25, 0.3) is 11.3 Å². The molecule has 4 nitrogen and oxygen atoms in total. The monoisotopic (exact) mass is 255 g/mol. The van der Waals surface area contributed by atoms with E-state index >= 15 is 0 Å². The molecular weight excluding hydrogens is 238 g/mol. The van der Waals surface area contributed by atoms with Crippen molar-refractivity contribution >= 4 is 0 Å². The number of ether oxygens (including phenoxy) is 1. The molecule has 2 aromatic rings. The Morgan fingerprint density at radius 1 is 1.32 bits per heavy atom. The lowest BCUT2D eigenvalue weighted by Crippen LogP contribution is -2.16. The molecule has 0 aliphatic carbocycles. The third-order valence-electron chi connectivity index (χ3n) is 3.50. The molecule has 1 aromatic carbocycles. The van der Waals surface area contributed by atoms with Crippen LogP contribution in [-0.4, -0.2) is 23.1 Å². The third-order valence-corrected chi connectivity index (χ3v) is 3.50. The largest absolute Gasteiger partial charge is 0.372 e. The fourth-order valence-electron chi connectivity index (χ4n) is 2.62. The van der Waals surface area contributed by atoms with E-state index in [1.54, 1.807) is 18.6 Å². The average molecular weight is 255 g/mol. The zero-order chi connectivity index (χ0) is 13.1. The average Bonchev–Trinajstić information content (AvgIpc) is 2.69. The van der Waals surface area contributed by atoms with Gasteiger partial charge in [-0.3, -0.25) is 9.97 Å². The maximum Gasteiger partial charge on any atom is 0.0949 e. The topological polar surface area (TPSA) is 61.0 Å². The number of benzene rings is 1. The van der Waals surface area contributed by atoms with Crippen LogP contribution in [0.5, 0.6) is 0 Å². The van der Waals surface area contributed by atoms with Crippen molar-refractivity contribution in [2.75, 3.05) is 13.2 Å². The Bertz CT molecular complexity index is 557. The van der Waals surface area contributed by atoms with E-state index in [1.807, 2.05) is 6.07 Å². The second-order valence-electron chi connectivity index (χ2n) is 4.66. The molecule has 1 atom stereocenters. The Kier molecular flexibility index (Phi) is 3.53. The second kappa shape index (κ2) is 5.47. The minimum atomic E-state index is -0.00544. The molecule has 19 heavy (non-hydrogen) atoms. The minimum absolute atomic E-state index is 0.00544. The van der Waals surface area contributed by atoms with Gasteiger partial charge in [-0.05, 0) is 24.0 Å². The Balaban J connectivity index is 2.12. The molecule has 1 unspecified atom stereocenters. The van der Waals surface area contributed by atoms with Gasteiger partial charge in [0.25, 0.3) is 0 Å². The highest BCUT2D eigenvalue weighted by Crippen LogP contribution is 2.32. The van der Waals surface area contributed by atoms with Crippen molar-refractivity contribution in [1.82, 2.24) is 9.97 Å². The van der Waals surface area contributed by atoms with Gasteiger partial charge in [0.05, 0.1) is 18.0 Å². The summed E-state index contributed by atoms with van der Waals surface area (Å²) in [7, 11) is 0. The molecule has 2 N–H and O–H groups in total. The van der Waals surface area contributed by atoms with Gasteiger partial charge in [0.15, 0.2) is 0 Å². The van der Waals surface area contributed by atoms with E-state index in [9.17, 15) is 0 Å². The summed E-state index contributed by atoms with van der Waals surface area (Å²) >= 11 is 0. The normalized spacial score (nSPS) is 18.7. The number of rotatable bonds is 2. The number of fused-ring (bicyclic) bond motifs is 1. The van der Waals surface area contributed by atoms with Gasteiger partial charge in [0.2, 0.25) is 0 Å². The molecule has 3 rings (SSSR count). The molecule has 0 saturated heterocycles. The predicted octanol–water partition coefficient (Wildman–Crippen LogP) is 2.11. The van der Waals surface area contributed by atoms with Crippen LogP contribution in [0, 0.1) is 0 Å². The fraction of sp³-hybridized carbons (Fsp3) is 0.333. The molecule has 0 spiro atoms. The number of hydrogen-bond acceptors (Lipinski definition) is 4. The summed E-state index contributed by atoms with van der Waals surface area (Å²) in [6, 6.07) is 6.25. The number of hydrogen-bond donors (Lipinski definition) is 1. The summed E-state index contributed by atoms with van der Waals surface area (Å²) in [5.74, 6) is 0. The van der Waals surface area contributed by atoms with Crippen LogP contribution in [0.3, 0.4) is 0 Å². The van der Waals surface area contributed by atoms with E-state index in [0.29, 0.717) is 6.54 Å². The molecule has 0 saturated carbocycles. The molecule has 0 radical (unpaired) electrons. The van der Waals surface area contributed by atoms with Gasteiger partial charge in [-0.15, -0.1) is 0 Å². The lowest BCUT2D eigenvalue weighted by atomic mass is 9.93. The van der Waals surface area contributed by atoms with Crippen LogP contribution >= 0.6 is 0 Å². The lowest BCUT2D eigenvalue weighted by molar-refractivity contribution is 0.0627. The molecule has 1 aliphatic rings. The summed E-state index contributed by atoms with van der Waals surface area (Å²) in [6.45, 7) is 1.27. The zero-order valence-corrected chi connectivity index (χ0v) is 10.7. The van der Waals surface area contributed by atoms with E-state index in [0.717, 1.165) is 30.7 Å². The summed E-state index contributed by atoms with van der Waals surface area (Å²) in [5.41, 5.74) is 10.4. The third kappa shape index (κ3) is 2.37.